The molecule has 24 heavy (non-hydrogen) atoms. The van der Waals surface area contributed by atoms with Gasteiger partial charge in [-0.25, -0.2) is 4.79 Å². The van der Waals surface area contributed by atoms with Gasteiger partial charge in [-0.05, 0) is 6.42 Å². The number of hydrogen-bond donors (Lipinski definition) is 7. The number of carbonyl (C=O) groups is 5. The molecule has 0 saturated heterocycles. The van der Waals surface area contributed by atoms with Crippen molar-refractivity contribution in [3.63, 3.8) is 0 Å². The normalized spacial score (nSPS) is 14.1. The Morgan fingerprint density at radius 3 is 1.96 bits per heavy atom. The zero-order chi connectivity index (χ0) is 18.9. The molecule has 0 aliphatic rings. The number of carboxylic acids is 2. The summed E-state index contributed by atoms with van der Waals surface area (Å²) in [5.74, 6) is -5.46. The maximum absolute atomic E-state index is 12.1. The van der Waals surface area contributed by atoms with Gasteiger partial charge in [-0.15, -0.1) is 0 Å². The number of aliphatic carboxylic acids is 2. The Morgan fingerprint density at radius 2 is 1.54 bits per heavy atom. The second-order valence-electron chi connectivity index (χ2n) is 4.85. The van der Waals surface area contributed by atoms with Gasteiger partial charge in [-0.3, -0.25) is 19.2 Å². The predicted octanol–water partition coefficient (Wildman–Crippen LogP) is -2.96. The van der Waals surface area contributed by atoms with Crippen molar-refractivity contribution in [2.45, 2.75) is 37.4 Å². The van der Waals surface area contributed by atoms with Crippen LogP contribution in [0.5, 0.6) is 0 Å². The summed E-state index contributed by atoms with van der Waals surface area (Å²) in [5, 5.41) is 22.0. The van der Waals surface area contributed by atoms with Gasteiger partial charge >= 0.3 is 11.9 Å². The van der Waals surface area contributed by atoms with Crippen LogP contribution in [0.3, 0.4) is 0 Å². The molecule has 0 saturated carbocycles. The Bertz CT molecular complexity index is 514. The molecule has 3 amide bonds. The lowest BCUT2D eigenvalue weighted by atomic mass is 10.1. The van der Waals surface area contributed by atoms with Gasteiger partial charge in [-0.1, -0.05) is 0 Å². The van der Waals surface area contributed by atoms with E-state index in [4.69, 9.17) is 21.7 Å². The molecule has 0 spiro atoms. The number of nitrogens with two attached hydrogens (primary N) is 2. The summed E-state index contributed by atoms with van der Waals surface area (Å²) in [4.78, 5) is 56.3. The molecule has 136 valence electrons. The lowest BCUT2D eigenvalue weighted by Gasteiger charge is -2.21. The smallest absolute Gasteiger partial charge is 0.326 e. The molecule has 0 bridgehead atoms. The van der Waals surface area contributed by atoms with Crippen molar-refractivity contribution in [1.29, 1.82) is 0 Å². The average molecular weight is 364 g/mol. The zero-order valence-electron chi connectivity index (χ0n) is 12.6. The first-order valence-electron chi connectivity index (χ1n) is 6.78. The number of thiol groups is 1. The molecule has 0 heterocycles. The fourth-order valence-corrected chi connectivity index (χ4v) is 1.73. The van der Waals surface area contributed by atoms with Crippen LogP contribution >= 0.6 is 12.6 Å². The van der Waals surface area contributed by atoms with Gasteiger partial charge in [-0.2, -0.15) is 12.6 Å². The number of carboxylic acid groups (broad SMARTS) is 2. The van der Waals surface area contributed by atoms with E-state index in [9.17, 15) is 24.0 Å². The van der Waals surface area contributed by atoms with Gasteiger partial charge in [0.05, 0.1) is 12.5 Å². The Balaban J connectivity index is 5.00. The van der Waals surface area contributed by atoms with E-state index in [0.717, 1.165) is 0 Å². The van der Waals surface area contributed by atoms with Gasteiger partial charge in [0, 0.05) is 12.2 Å². The second kappa shape index (κ2) is 10.4. The molecule has 3 atom stereocenters. The molecule has 0 aromatic rings. The fourth-order valence-electron chi connectivity index (χ4n) is 1.56. The summed E-state index contributed by atoms with van der Waals surface area (Å²) in [6, 6.07) is -4.06. The summed E-state index contributed by atoms with van der Waals surface area (Å²) < 4.78 is 0. The van der Waals surface area contributed by atoms with Crippen LogP contribution < -0.4 is 22.1 Å². The topological polar surface area (TPSA) is 202 Å². The molecular formula is C12H20N4O7S. The third-order valence-corrected chi connectivity index (χ3v) is 3.23. The van der Waals surface area contributed by atoms with Crippen LogP contribution in [0.25, 0.3) is 0 Å². The minimum atomic E-state index is -1.53. The molecule has 0 aliphatic heterocycles. The fraction of sp³-hybridized carbons (Fsp3) is 0.583. The van der Waals surface area contributed by atoms with Gasteiger partial charge in [0.1, 0.15) is 12.1 Å². The van der Waals surface area contributed by atoms with Gasteiger partial charge in [0.25, 0.3) is 0 Å². The number of rotatable bonds is 11. The Hall–Kier alpha value is -2.34. The lowest BCUT2D eigenvalue weighted by Crippen LogP contribution is -2.55. The highest BCUT2D eigenvalue weighted by Gasteiger charge is 2.29. The van der Waals surface area contributed by atoms with E-state index in [-0.39, 0.29) is 18.6 Å². The van der Waals surface area contributed by atoms with Crippen molar-refractivity contribution in [2.75, 3.05) is 5.75 Å². The molecule has 0 radical (unpaired) electrons. The molecule has 0 aromatic heterocycles. The minimum absolute atomic E-state index is 0.0381. The third kappa shape index (κ3) is 8.33. The van der Waals surface area contributed by atoms with Crippen molar-refractivity contribution in [3.8, 4) is 0 Å². The first kappa shape index (κ1) is 21.7. The van der Waals surface area contributed by atoms with Crippen molar-refractivity contribution < 1.29 is 34.2 Å². The summed E-state index contributed by atoms with van der Waals surface area (Å²) in [5.41, 5.74) is 10.3. The molecule has 0 aliphatic carbocycles. The van der Waals surface area contributed by atoms with E-state index < -0.39 is 54.2 Å². The Labute approximate surface area is 142 Å². The van der Waals surface area contributed by atoms with Crippen molar-refractivity contribution in [1.82, 2.24) is 10.6 Å². The second-order valence-corrected chi connectivity index (χ2v) is 5.22. The van der Waals surface area contributed by atoms with E-state index in [1.165, 1.54) is 0 Å². The van der Waals surface area contributed by atoms with Gasteiger partial charge in [0.15, 0.2) is 0 Å². The molecule has 0 fully saturated rings. The van der Waals surface area contributed by atoms with Crippen LogP contribution in [0, 0.1) is 0 Å². The highest BCUT2D eigenvalue weighted by molar-refractivity contribution is 7.80. The summed E-state index contributed by atoms with van der Waals surface area (Å²) >= 11 is 3.80. The number of primary amides is 1. The predicted molar refractivity (Wildman–Crippen MR) is 84.0 cm³/mol. The average Bonchev–Trinajstić information content (AvgIpc) is 2.48. The summed E-state index contributed by atoms with van der Waals surface area (Å²) in [6.45, 7) is 0. The van der Waals surface area contributed by atoms with E-state index >= 15 is 0 Å². The summed E-state index contributed by atoms with van der Waals surface area (Å²) in [6.07, 6.45) is -1.35. The van der Waals surface area contributed by atoms with Gasteiger partial charge in [0.2, 0.25) is 17.7 Å². The maximum Gasteiger partial charge on any atom is 0.326 e. The molecule has 11 nitrogen and oxygen atoms in total. The Morgan fingerprint density at radius 1 is 1.00 bits per heavy atom. The molecule has 12 heteroatoms. The van der Waals surface area contributed by atoms with E-state index in [1.807, 2.05) is 0 Å². The van der Waals surface area contributed by atoms with Crippen LogP contribution in [0.2, 0.25) is 0 Å². The van der Waals surface area contributed by atoms with Gasteiger partial charge < -0.3 is 32.3 Å². The van der Waals surface area contributed by atoms with Crippen LogP contribution in [0.4, 0.5) is 0 Å². The van der Waals surface area contributed by atoms with E-state index in [0.29, 0.717) is 0 Å². The lowest BCUT2D eigenvalue weighted by molar-refractivity contribution is -0.143. The molecule has 8 N–H and O–H groups in total. The highest BCUT2D eigenvalue weighted by Crippen LogP contribution is 2.01. The van der Waals surface area contributed by atoms with Crippen LogP contribution in [0.15, 0.2) is 0 Å². The van der Waals surface area contributed by atoms with Crippen LogP contribution in [-0.4, -0.2) is 63.8 Å². The van der Waals surface area contributed by atoms with Crippen LogP contribution in [0.1, 0.15) is 19.3 Å². The molecule has 0 aromatic carbocycles. The first-order chi connectivity index (χ1) is 11.1. The van der Waals surface area contributed by atoms with Crippen LogP contribution in [-0.2, 0) is 24.0 Å². The first-order valence-corrected chi connectivity index (χ1v) is 7.41. The molecular weight excluding hydrogens is 344 g/mol. The number of amides is 3. The van der Waals surface area contributed by atoms with E-state index in [1.54, 1.807) is 0 Å². The quantitative estimate of drug-likeness (QED) is 0.188. The Kier molecular flexibility index (Phi) is 9.42. The largest absolute Gasteiger partial charge is 0.481 e. The maximum atomic E-state index is 12.1. The van der Waals surface area contributed by atoms with Crippen molar-refractivity contribution in [3.05, 3.63) is 0 Å². The number of nitrogens with one attached hydrogen (secondary N) is 2. The minimum Gasteiger partial charge on any atom is -0.481 e. The number of hydrogen-bond acceptors (Lipinski definition) is 7. The third-order valence-electron chi connectivity index (χ3n) is 2.84. The van der Waals surface area contributed by atoms with Crippen molar-refractivity contribution >= 4 is 42.3 Å². The molecule has 0 rings (SSSR count). The number of carbonyl (C=O) groups excluding carboxylic acids is 3. The van der Waals surface area contributed by atoms with E-state index in [2.05, 4.69) is 23.3 Å². The standard InChI is InChI=1S/C12H20N4O7S/c13-5(4-24)10(20)16-7(3-9(18)19)11(21)15-6(12(22)23)1-2-8(14)17/h5-7,24H,1-4,13H2,(H2,14,17)(H,15,21)(H,16,20)(H,18,19)(H,22,23)/t5-,6-,7-/m0/s1. The van der Waals surface area contributed by atoms with Crippen molar-refractivity contribution in [2.24, 2.45) is 11.5 Å². The summed E-state index contributed by atoms with van der Waals surface area (Å²) in [7, 11) is 0. The monoisotopic (exact) mass is 364 g/mol. The SMILES string of the molecule is NC(=O)CC[C@H](NC(=O)[C@H](CC(=O)O)NC(=O)[C@@H](N)CS)C(=O)O. The zero-order valence-corrected chi connectivity index (χ0v) is 13.5. The highest BCUT2D eigenvalue weighted by atomic mass is 32.1. The molecule has 0 unspecified atom stereocenters.